The van der Waals surface area contributed by atoms with Crippen molar-refractivity contribution in [2.75, 3.05) is 19.1 Å². The van der Waals surface area contributed by atoms with Gasteiger partial charge >= 0.3 is 12.1 Å². The van der Waals surface area contributed by atoms with Crippen molar-refractivity contribution in [2.24, 2.45) is 0 Å². The Kier molecular flexibility index (Phi) is 6.48. The Balaban J connectivity index is 3.45. The normalized spacial score (nSPS) is 12.4. The number of halogens is 3. The van der Waals surface area contributed by atoms with E-state index in [1.807, 2.05) is 6.92 Å². The molecule has 0 aliphatic heterocycles. The smallest absolute Gasteiger partial charge is 0.471 e. The number of hydrogen-bond donors (Lipinski definition) is 0. The minimum Gasteiger partial charge on any atom is -0.497 e. The molecule has 0 unspecified atom stereocenters. The summed E-state index contributed by atoms with van der Waals surface area (Å²) in [4.78, 5) is 12.6. The van der Waals surface area contributed by atoms with Crippen LogP contribution in [0.3, 0.4) is 0 Å². The molecule has 23 heavy (non-hydrogen) atoms. The number of anilines is 1. The third-order valence-electron chi connectivity index (χ3n) is 3.30. The van der Waals surface area contributed by atoms with E-state index in [4.69, 9.17) is 9.47 Å². The highest BCUT2D eigenvalue weighted by Crippen LogP contribution is 2.36. The first-order valence-electron chi connectivity index (χ1n) is 7.05. The first-order valence-corrected chi connectivity index (χ1v) is 7.05. The van der Waals surface area contributed by atoms with Crippen LogP contribution in [0.5, 0.6) is 11.5 Å². The topological polar surface area (TPSA) is 38.8 Å². The highest BCUT2D eigenvalue weighted by Gasteiger charge is 2.45. The zero-order valence-electron chi connectivity index (χ0n) is 13.3. The Morgan fingerprint density at radius 3 is 2.43 bits per heavy atom. The SMILES string of the molecule is C=C[C@@H](CCC)N(C(=O)C(F)(F)F)c1ccc(OC)cc1OC. The quantitative estimate of drug-likeness (QED) is 0.710. The zero-order valence-corrected chi connectivity index (χ0v) is 13.3. The van der Waals surface area contributed by atoms with Gasteiger partial charge in [0.1, 0.15) is 11.5 Å². The van der Waals surface area contributed by atoms with E-state index >= 15 is 0 Å². The van der Waals surface area contributed by atoms with E-state index in [0.29, 0.717) is 23.5 Å². The predicted molar refractivity (Wildman–Crippen MR) is 82.0 cm³/mol. The van der Waals surface area contributed by atoms with Crippen molar-refractivity contribution in [3.8, 4) is 11.5 Å². The summed E-state index contributed by atoms with van der Waals surface area (Å²) in [6.07, 6.45) is -2.73. The Bertz CT molecular complexity index is 558. The van der Waals surface area contributed by atoms with Crippen molar-refractivity contribution in [3.05, 3.63) is 30.9 Å². The number of hydrogen-bond acceptors (Lipinski definition) is 3. The Morgan fingerprint density at radius 1 is 1.35 bits per heavy atom. The van der Waals surface area contributed by atoms with Crippen molar-refractivity contribution in [1.29, 1.82) is 0 Å². The van der Waals surface area contributed by atoms with E-state index in [9.17, 15) is 18.0 Å². The lowest BCUT2D eigenvalue weighted by molar-refractivity contribution is -0.170. The molecule has 7 heteroatoms. The molecule has 1 aromatic carbocycles. The highest BCUT2D eigenvalue weighted by molar-refractivity contribution is 5.99. The van der Waals surface area contributed by atoms with Crippen molar-refractivity contribution in [3.63, 3.8) is 0 Å². The van der Waals surface area contributed by atoms with E-state index in [0.717, 1.165) is 0 Å². The Morgan fingerprint density at radius 2 is 2.00 bits per heavy atom. The molecule has 0 fully saturated rings. The summed E-state index contributed by atoms with van der Waals surface area (Å²) in [5, 5.41) is 0. The van der Waals surface area contributed by atoms with Gasteiger partial charge in [-0.2, -0.15) is 13.2 Å². The van der Waals surface area contributed by atoms with Crippen LogP contribution < -0.4 is 14.4 Å². The number of methoxy groups -OCH3 is 2. The molecule has 0 bridgehead atoms. The van der Waals surface area contributed by atoms with Crippen molar-refractivity contribution in [1.82, 2.24) is 0 Å². The largest absolute Gasteiger partial charge is 0.497 e. The lowest BCUT2D eigenvalue weighted by atomic mass is 10.1. The molecule has 0 aliphatic rings. The number of rotatable bonds is 7. The van der Waals surface area contributed by atoms with Gasteiger partial charge in [-0.15, -0.1) is 6.58 Å². The molecule has 0 aromatic heterocycles. The molecule has 0 aliphatic carbocycles. The number of carbonyl (C=O) groups is 1. The van der Waals surface area contributed by atoms with Gasteiger partial charge in [-0.05, 0) is 18.6 Å². The van der Waals surface area contributed by atoms with E-state index in [1.165, 1.54) is 38.5 Å². The number of amides is 1. The van der Waals surface area contributed by atoms with Gasteiger partial charge < -0.3 is 9.47 Å². The monoisotopic (exact) mass is 331 g/mol. The highest BCUT2D eigenvalue weighted by atomic mass is 19.4. The molecule has 128 valence electrons. The van der Waals surface area contributed by atoms with Gasteiger partial charge in [-0.1, -0.05) is 19.4 Å². The summed E-state index contributed by atoms with van der Waals surface area (Å²) in [5.74, 6) is -1.43. The maximum absolute atomic E-state index is 13.0. The fourth-order valence-corrected chi connectivity index (χ4v) is 2.21. The summed E-state index contributed by atoms with van der Waals surface area (Å²) in [7, 11) is 2.74. The van der Waals surface area contributed by atoms with Crippen LogP contribution in [-0.4, -0.2) is 32.3 Å². The van der Waals surface area contributed by atoms with E-state index in [1.54, 1.807) is 0 Å². The molecule has 0 spiro atoms. The van der Waals surface area contributed by atoms with Gasteiger partial charge in [0.2, 0.25) is 0 Å². The second kappa shape index (κ2) is 7.89. The average Bonchev–Trinajstić information content (AvgIpc) is 2.53. The lowest BCUT2D eigenvalue weighted by Gasteiger charge is -2.31. The zero-order chi connectivity index (χ0) is 17.6. The maximum atomic E-state index is 13.0. The van der Waals surface area contributed by atoms with Gasteiger partial charge in [0, 0.05) is 6.07 Å². The van der Waals surface area contributed by atoms with E-state index in [2.05, 4.69) is 6.58 Å². The van der Waals surface area contributed by atoms with Crippen LogP contribution >= 0.6 is 0 Å². The standard InChI is InChI=1S/C16H20F3NO3/c1-5-7-11(6-2)20(15(21)16(17,18)19)13-9-8-12(22-3)10-14(13)23-4/h6,8-11H,2,5,7H2,1,3-4H3/t11-/m0/s1. The molecule has 1 amide bonds. The van der Waals surface area contributed by atoms with Crippen LogP contribution in [0.2, 0.25) is 0 Å². The second-order valence-electron chi connectivity index (χ2n) is 4.80. The Hall–Kier alpha value is -2.18. The fourth-order valence-electron chi connectivity index (χ4n) is 2.21. The second-order valence-corrected chi connectivity index (χ2v) is 4.80. The summed E-state index contributed by atoms with van der Waals surface area (Å²) in [6.45, 7) is 5.37. The average molecular weight is 331 g/mol. The number of ether oxygens (including phenoxy) is 2. The molecule has 0 radical (unpaired) electrons. The molecule has 1 rings (SSSR count). The summed E-state index contributed by atoms with van der Waals surface area (Å²) in [5.41, 5.74) is 0.0222. The van der Waals surface area contributed by atoms with Crippen LogP contribution in [0.4, 0.5) is 18.9 Å². The van der Waals surface area contributed by atoms with Gasteiger partial charge in [0.25, 0.3) is 0 Å². The van der Waals surface area contributed by atoms with Crippen molar-refractivity contribution >= 4 is 11.6 Å². The van der Waals surface area contributed by atoms with Gasteiger partial charge in [-0.25, -0.2) is 0 Å². The van der Waals surface area contributed by atoms with Crippen LogP contribution in [0, 0.1) is 0 Å². The van der Waals surface area contributed by atoms with Crippen LogP contribution in [-0.2, 0) is 4.79 Å². The lowest BCUT2D eigenvalue weighted by Crippen LogP contribution is -2.46. The number of alkyl halides is 3. The molecule has 0 saturated heterocycles. The van der Waals surface area contributed by atoms with Gasteiger partial charge in [-0.3, -0.25) is 9.69 Å². The third kappa shape index (κ3) is 4.40. The van der Waals surface area contributed by atoms with Gasteiger partial charge in [0.15, 0.2) is 0 Å². The fraction of sp³-hybridized carbons (Fsp3) is 0.438. The van der Waals surface area contributed by atoms with Crippen molar-refractivity contribution in [2.45, 2.75) is 32.0 Å². The minimum absolute atomic E-state index is 0.0222. The molecule has 0 N–H and O–H groups in total. The van der Waals surface area contributed by atoms with Crippen LogP contribution in [0.15, 0.2) is 30.9 Å². The van der Waals surface area contributed by atoms with Crippen LogP contribution in [0.25, 0.3) is 0 Å². The van der Waals surface area contributed by atoms with E-state index in [-0.39, 0.29) is 11.4 Å². The van der Waals surface area contributed by atoms with Gasteiger partial charge in [0.05, 0.1) is 25.9 Å². The number of benzene rings is 1. The van der Waals surface area contributed by atoms with Crippen molar-refractivity contribution < 1.29 is 27.4 Å². The molecule has 0 heterocycles. The molecule has 0 saturated carbocycles. The summed E-state index contributed by atoms with van der Waals surface area (Å²) in [6, 6.07) is 3.48. The number of carbonyl (C=O) groups excluding carboxylic acids is 1. The maximum Gasteiger partial charge on any atom is 0.471 e. The molecule has 1 atom stereocenters. The van der Waals surface area contributed by atoms with E-state index < -0.39 is 18.1 Å². The predicted octanol–water partition coefficient (Wildman–Crippen LogP) is 3.95. The molecular formula is C16H20F3NO3. The van der Waals surface area contributed by atoms with Crippen LogP contribution in [0.1, 0.15) is 19.8 Å². The first-order chi connectivity index (χ1) is 10.8. The molecule has 4 nitrogen and oxygen atoms in total. The summed E-state index contributed by atoms with van der Waals surface area (Å²) >= 11 is 0. The Labute approximate surface area is 133 Å². The minimum atomic E-state index is -5.00. The number of nitrogens with zero attached hydrogens (tertiary/aromatic N) is 1. The molecule has 1 aromatic rings. The summed E-state index contributed by atoms with van der Waals surface area (Å²) < 4.78 is 49.2. The molecular weight excluding hydrogens is 311 g/mol. The first kappa shape index (κ1) is 18.9. The third-order valence-corrected chi connectivity index (χ3v) is 3.30.